The van der Waals surface area contributed by atoms with Crippen LogP contribution in [0.3, 0.4) is 0 Å². The molecule has 2 heterocycles. The monoisotopic (exact) mass is 380 g/mol. The van der Waals surface area contributed by atoms with Crippen LogP contribution in [-0.4, -0.2) is 48.0 Å². The minimum absolute atomic E-state index is 0. The van der Waals surface area contributed by atoms with Gasteiger partial charge in [0.15, 0.2) is 0 Å². The Bertz CT molecular complexity index is 692. The van der Waals surface area contributed by atoms with Crippen molar-refractivity contribution in [3.63, 3.8) is 0 Å². The molecule has 2 N–H and O–H groups in total. The summed E-state index contributed by atoms with van der Waals surface area (Å²) in [5.41, 5.74) is 1.26. The molecule has 1 amide bonds. The number of amides is 1. The summed E-state index contributed by atoms with van der Waals surface area (Å²) in [6.07, 6.45) is 5.29. The molecule has 142 valence electrons. The number of nitrogens with zero attached hydrogens (tertiary/aromatic N) is 2. The molecule has 0 radical (unpaired) electrons. The van der Waals surface area contributed by atoms with Crippen LogP contribution in [0.5, 0.6) is 0 Å². The van der Waals surface area contributed by atoms with Gasteiger partial charge in [-0.3, -0.25) is 14.9 Å². The Balaban J connectivity index is 0.00000196. The molecule has 0 aromatic heterocycles. The number of halogens is 1. The van der Waals surface area contributed by atoms with E-state index in [1.165, 1.54) is 12.5 Å². The highest BCUT2D eigenvalue weighted by molar-refractivity contribution is 5.95. The highest BCUT2D eigenvalue weighted by Crippen LogP contribution is 2.37. The van der Waals surface area contributed by atoms with Crippen molar-refractivity contribution >= 4 is 29.7 Å². The standard InChI is InChI=1S/C18H24N4O3.ClH/c23-17(21-9-6-18(7-10-21)5-8-19-12-18)13-1-4-15(20-14-2-3-14)16(11-13)22(24)25;/h1,4,11,14,19-20H,2-3,5-10,12H2;1H. The van der Waals surface area contributed by atoms with Gasteiger partial charge in [0.1, 0.15) is 5.69 Å². The second kappa shape index (κ2) is 7.40. The number of benzene rings is 1. The quantitative estimate of drug-likeness (QED) is 0.619. The van der Waals surface area contributed by atoms with Gasteiger partial charge in [0, 0.05) is 37.3 Å². The van der Waals surface area contributed by atoms with E-state index >= 15 is 0 Å². The molecule has 1 aliphatic carbocycles. The number of carbonyl (C=O) groups excluding carboxylic acids is 1. The second-order valence-corrected chi connectivity index (χ2v) is 7.63. The van der Waals surface area contributed by atoms with E-state index < -0.39 is 4.92 Å². The van der Waals surface area contributed by atoms with E-state index in [1.807, 2.05) is 4.90 Å². The molecule has 0 unspecified atom stereocenters. The summed E-state index contributed by atoms with van der Waals surface area (Å²) < 4.78 is 0. The summed E-state index contributed by atoms with van der Waals surface area (Å²) in [6, 6.07) is 5.14. The Kier molecular flexibility index (Phi) is 5.39. The molecule has 7 nitrogen and oxygen atoms in total. The third-order valence-electron chi connectivity index (χ3n) is 5.82. The maximum atomic E-state index is 12.8. The number of anilines is 1. The van der Waals surface area contributed by atoms with Crippen LogP contribution >= 0.6 is 12.4 Å². The first kappa shape index (κ1) is 18.9. The molecule has 2 saturated heterocycles. The van der Waals surface area contributed by atoms with Crippen molar-refractivity contribution in [3.8, 4) is 0 Å². The number of nitro benzene ring substituents is 1. The normalized spacial score (nSPS) is 21.3. The Morgan fingerprint density at radius 3 is 2.58 bits per heavy atom. The van der Waals surface area contributed by atoms with Crippen LogP contribution in [0.4, 0.5) is 11.4 Å². The first-order valence-corrected chi connectivity index (χ1v) is 9.11. The Labute approximate surface area is 159 Å². The highest BCUT2D eigenvalue weighted by atomic mass is 35.5. The molecule has 26 heavy (non-hydrogen) atoms. The zero-order valence-corrected chi connectivity index (χ0v) is 15.5. The fraction of sp³-hybridized carbons (Fsp3) is 0.611. The summed E-state index contributed by atoms with van der Waals surface area (Å²) in [4.78, 5) is 25.6. The predicted molar refractivity (Wildman–Crippen MR) is 102 cm³/mol. The Morgan fingerprint density at radius 2 is 2.00 bits per heavy atom. The molecular formula is C18H25ClN4O3. The number of carbonyl (C=O) groups is 1. The van der Waals surface area contributed by atoms with Crippen LogP contribution < -0.4 is 10.6 Å². The molecule has 1 aromatic carbocycles. The van der Waals surface area contributed by atoms with Crippen LogP contribution in [0.25, 0.3) is 0 Å². The van der Waals surface area contributed by atoms with Crippen LogP contribution in [0, 0.1) is 15.5 Å². The van der Waals surface area contributed by atoms with Gasteiger partial charge >= 0.3 is 0 Å². The van der Waals surface area contributed by atoms with E-state index in [1.54, 1.807) is 12.1 Å². The number of hydrogen-bond donors (Lipinski definition) is 2. The molecule has 1 saturated carbocycles. The largest absolute Gasteiger partial charge is 0.377 e. The number of likely N-dealkylation sites (tertiary alicyclic amines) is 1. The lowest BCUT2D eigenvalue weighted by atomic mass is 9.78. The van der Waals surface area contributed by atoms with Crippen LogP contribution in [0.2, 0.25) is 0 Å². The zero-order valence-electron chi connectivity index (χ0n) is 14.7. The first-order chi connectivity index (χ1) is 12.1. The lowest BCUT2D eigenvalue weighted by Gasteiger charge is -2.38. The van der Waals surface area contributed by atoms with E-state index in [2.05, 4.69) is 10.6 Å². The second-order valence-electron chi connectivity index (χ2n) is 7.63. The van der Waals surface area contributed by atoms with Gasteiger partial charge in [-0.2, -0.15) is 0 Å². The van der Waals surface area contributed by atoms with E-state index in [9.17, 15) is 14.9 Å². The molecule has 8 heteroatoms. The number of piperidine rings is 1. The smallest absolute Gasteiger partial charge is 0.293 e. The fourth-order valence-corrected chi connectivity index (χ4v) is 3.97. The van der Waals surface area contributed by atoms with E-state index in [0.717, 1.165) is 51.9 Å². The minimum Gasteiger partial charge on any atom is -0.377 e. The van der Waals surface area contributed by atoms with Gasteiger partial charge in [-0.15, -0.1) is 12.4 Å². The molecule has 3 fully saturated rings. The van der Waals surface area contributed by atoms with Crippen molar-refractivity contribution in [2.75, 3.05) is 31.5 Å². The Hall–Kier alpha value is -1.86. The highest BCUT2D eigenvalue weighted by Gasteiger charge is 2.38. The van der Waals surface area contributed by atoms with Crippen LogP contribution in [0.1, 0.15) is 42.5 Å². The van der Waals surface area contributed by atoms with Gasteiger partial charge in [0.25, 0.3) is 11.6 Å². The SMILES string of the molecule is Cl.O=C(c1ccc(NC2CC2)c([N+](=O)[O-])c1)N1CCC2(CCNC2)CC1. The molecule has 0 bridgehead atoms. The summed E-state index contributed by atoms with van der Waals surface area (Å²) >= 11 is 0. The molecule has 2 aliphatic heterocycles. The first-order valence-electron chi connectivity index (χ1n) is 9.11. The number of hydrogen-bond acceptors (Lipinski definition) is 5. The summed E-state index contributed by atoms with van der Waals surface area (Å²) in [6.45, 7) is 3.57. The van der Waals surface area contributed by atoms with Gasteiger partial charge in [-0.25, -0.2) is 0 Å². The van der Waals surface area contributed by atoms with E-state index in [-0.39, 0.29) is 24.0 Å². The van der Waals surface area contributed by atoms with E-state index in [0.29, 0.717) is 22.7 Å². The van der Waals surface area contributed by atoms with Crippen molar-refractivity contribution in [2.24, 2.45) is 5.41 Å². The topological polar surface area (TPSA) is 87.5 Å². The molecule has 4 rings (SSSR count). The van der Waals surface area contributed by atoms with Crippen molar-refractivity contribution in [2.45, 2.75) is 38.1 Å². The van der Waals surface area contributed by atoms with E-state index in [4.69, 9.17) is 0 Å². The molecule has 1 spiro atoms. The van der Waals surface area contributed by atoms with Gasteiger partial charge in [0.05, 0.1) is 4.92 Å². The summed E-state index contributed by atoms with van der Waals surface area (Å²) in [5, 5.41) is 18.0. The Morgan fingerprint density at radius 1 is 1.27 bits per heavy atom. The van der Waals surface area contributed by atoms with Gasteiger partial charge in [-0.1, -0.05) is 0 Å². The predicted octanol–water partition coefficient (Wildman–Crippen LogP) is 2.81. The van der Waals surface area contributed by atoms with Crippen molar-refractivity contribution < 1.29 is 9.72 Å². The lowest BCUT2D eigenvalue weighted by molar-refractivity contribution is -0.384. The summed E-state index contributed by atoms with van der Waals surface area (Å²) in [5.74, 6) is -0.0955. The molecule has 1 aromatic rings. The fourth-order valence-electron chi connectivity index (χ4n) is 3.97. The number of rotatable bonds is 4. The summed E-state index contributed by atoms with van der Waals surface area (Å²) in [7, 11) is 0. The number of nitrogens with one attached hydrogen (secondary N) is 2. The van der Waals surface area contributed by atoms with Crippen molar-refractivity contribution in [1.29, 1.82) is 0 Å². The van der Waals surface area contributed by atoms with Gasteiger partial charge < -0.3 is 15.5 Å². The van der Waals surface area contributed by atoms with Gasteiger partial charge in [0.2, 0.25) is 0 Å². The third kappa shape index (κ3) is 3.78. The van der Waals surface area contributed by atoms with Crippen molar-refractivity contribution in [3.05, 3.63) is 33.9 Å². The lowest BCUT2D eigenvalue weighted by Crippen LogP contribution is -2.44. The minimum atomic E-state index is -0.406. The number of nitro groups is 1. The molecule has 0 atom stereocenters. The third-order valence-corrected chi connectivity index (χ3v) is 5.82. The maximum absolute atomic E-state index is 12.8. The maximum Gasteiger partial charge on any atom is 0.293 e. The average Bonchev–Trinajstić information content (AvgIpc) is 3.33. The zero-order chi connectivity index (χ0) is 17.4. The van der Waals surface area contributed by atoms with Gasteiger partial charge in [-0.05, 0) is 56.2 Å². The van der Waals surface area contributed by atoms with Crippen LogP contribution in [-0.2, 0) is 0 Å². The molecular weight excluding hydrogens is 356 g/mol. The average molecular weight is 381 g/mol. The molecule has 3 aliphatic rings. The van der Waals surface area contributed by atoms with Crippen molar-refractivity contribution in [1.82, 2.24) is 10.2 Å². The van der Waals surface area contributed by atoms with Crippen LogP contribution in [0.15, 0.2) is 18.2 Å².